The van der Waals surface area contributed by atoms with Gasteiger partial charge in [-0.05, 0) is 20.3 Å². The quantitative estimate of drug-likeness (QED) is 0.0662. The molecule has 0 heterocycles. The van der Waals surface area contributed by atoms with E-state index in [1.165, 1.54) is 44.9 Å². The van der Waals surface area contributed by atoms with Crippen LogP contribution in [0.25, 0.3) is 0 Å². The molecule has 0 saturated carbocycles. The molecule has 0 rings (SSSR count). The van der Waals surface area contributed by atoms with Gasteiger partial charge in [0, 0.05) is 19.6 Å². The monoisotopic (exact) mass is 492 g/mol. The van der Waals surface area contributed by atoms with Gasteiger partial charge < -0.3 is 23.5 Å². The number of unbranched alkanes of at least 4 members (excludes halogenated alkanes) is 10. The molecule has 0 bridgehead atoms. The molecule has 188 valence electrons. The fraction of sp³-hybridized carbons (Fsp3) is 1.00. The van der Waals surface area contributed by atoms with Crippen LogP contribution in [0, 0.1) is 0 Å². The molecule has 0 aliphatic rings. The van der Waals surface area contributed by atoms with Gasteiger partial charge >= 0.3 is 29.6 Å². The molecule has 0 amide bonds. The molecule has 32 heavy (non-hydrogen) atoms. The average Bonchev–Trinajstić information content (AvgIpc) is 2.71. The molecule has 0 aromatic heterocycles. The van der Waals surface area contributed by atoms with Crippen molar-refractivity contribution >= 4 is 10.4 Å². The number of hydrogen-bond donors (Lipinski definition) is 0. The van der Waals surface area contributed by atoms with Gasteiger partial charge in [-0.1, -0.05) is 71.1 Å². The van der Waals surface area contributed by atoms with Gasteiger partial charge in [0.25, 0.3) is 5.97 Å². The molecule has 8 nitrogen and oxygen atoms in total. The second-order valence-electron chi connectivity index (χ2n) is 7.55. The molecule has 0 aromatic carbocycles. The SMILES string of the molecule is CCCCCCCCCCCCCC(OCCOCC)(OCCOCC)OS(=O)(=O)[O-].[Na+]. The van der Waals surface area contributed by atoms with E-state index in [4.69, 9.17) is 23.1 Å². The first-order chi connectivity index (χ1) is 14.9. The van der Waals surface area contributed by atoms with Crippen LogP contribution in [0.4, 0.5) is 0 Å². The zero-order chi connectivity index (χ0) is 23.3. The minimum Gasteiger partial charge on any atom is -0.725 e. The molecule has 0 fully saturated rings. The summed E-state index contributed by atoms with van der Waals surface area (Å²) in [5, 5.41) is 0. The minimum absolute atomic E-state index is 0. The van der Waals surface area contributed by atoms with E-state index in [9.17, 15) is 13.0 Å². The van der Waals surface area contributed by atoms with E-state index in [0.29, 0.717) is 19.6 Å². The molecule has 0 aliphatic heterocycles. The number of ether oxygens (including phenoxy) is 4. The Morgan fingerprint density at radius 3 is 1.44 bits per heavy atom. The van der Waals surface area contributed by atoms with Gasteiger partial charge in [0.15, 0.2) is 0 Å². The molecule has 0 radical (unpaired) electrons. The Labute approximate surface area is 218 Å². The van der Waals surface area contributed by atoms with Crippen molar-refractivity contribution in [1.82, 2.24) is 0 Å². The Hall–Kier alpha value is 0.710. The van der Waals surface area contributed by atoms with E-state index in [2.05, 4.69) is 6.92 Å². The standard InChI is InChI=1S/C22H46O8S.Na/c1-4-7-8-9-10-11-12-13-14-15-16-17-22(30-31(23,24)25,28-20-18-26-5-2)29-21-19-27-6-3;/h4-21H2,1-3H3,(H,23,24,25);/q;+1/p-1. The molecule has 0 aliphatic carbocycles. The van der Waals surface area contributed by atoms with E-state index in [1.54, 1.807) is 0 Å². The maximum atomic E-state index is 11.3. The average molecular weight is 493 g/mol. The molecule has 0 aromatic rings. The van der Waals surface area contributed by atoms with Crippen molar-refractivity contribution in [2.24, 2.45) is 0 Å². The summed E-state index contributed by atoms with van der Waals surface area (Å²) < 4.78 is 60.3. The minimum atomic E-state index is -5.01. The third kappa shape index (κ3) is 22.5. The van der Waals surface area contributed by atoms with Crippen LogP contribution in [0.2, 0.25) is 0 Å². The molecule has 0 unspecified atom stereocenters. The van der Waals surface area contributed by atoms with Gasteiger partial charge in [-0.15, -0.1) is 0 Å². The predicted octanol–water partition coefficient (Wildman–Crippen LogP) is 1.93. The fourth-order valence-electron chi connectivity index (χ4n) is 3.24. The van der Waals surface area contributed by atoms with Gasteiger partial charge in [0.1, 0.15) is 0 Å². The number of rotatable bonds is 24. The second kappa shape index (κ2) is 23.5. The fourth-order valence-corrected chi connectivity index (χ4v) is 3.73. The van der Waals surface area contributed by atoms with Crippen molar-refractivity contribution in [2.45, 2.75) is 104 Å². The van der Waals surface area contributed by atoms with E-state index >= 15 is 0 Å². The summed E-state index contributed by atoms with van der Waals surface area (Å²) in [5.41, 5.74) is 0. The smallest absolute Gasteiger partial charge is 0.725 e. The van der Waals surface area contributed by atoms with Gasteiger partial charge in [-0.25, -0.2) is 12.6 Å². The summed E-state index contributed by atoms with van der Waals surface area (Å²) in [6, 6.07) is 0. The zero-order valence-electron chi connectivity index (χ0n) is 20.9. The van der Waals surface area contributed by atoms with Gasteiger partial charge in [0.2, 0.25) is 10.4 Å². The first kappa shape index (κ1) is 34.9. The Morgan fingerprint density at radius 2 is 1.06 bits per heavy atom. The third-order valence-corrected chi connectivity index (χ3v) is 5.28. The van der Waals surface area contributed by atoms with Crippen LogP contribution in [0.5, 0.6) is 0 Å². The van der Waals surface area contributed by atoms with Crippen LogP contribution in [-0.2, 0) is 33.5 Å². The maximum Gasteiger partial charge on any atom is 1.00 e. The van der Waals surface area contributed by atoms with Gasteiger partial charge in [0.05, 0.1) is 26.4 Å². The Balaban J connectivity index is 0. The van der Waals surface area contributed by atoms with Crippen molar-refractivity contribution in [3.63, 3.8) is 0 Å². The summed E-state index contributed by atoms with van der Waals surface area (Å²) in [6.07, 6.45) is 12.8. The Morgan fingerprint density at radius 1 is 0.656 bits per heavy atom. The first-order valence-electron chi connectivity index (χ1n) is 12.0. The van der Waals surface area contributed by atoms with Gasteiger partial charge in [-0.2, -0.15) is 0 Å². The van der Waals surface area contributed by atoms with Crippen LogP contribution in [0.3, 0.4) is 0 Å². The van der Waals surface area contributed by atoms with Crippen molar-refractivity contribution in [2.75, 3.05) is 39.6 Å². The largest absolute Gasteiger partial charge is 1.00 e. The molecule has 0 N–H and O–H groups in total. The summed E-state index contributed by atoms with van der Waals surface area (Å²) in [7, 11) is -5.01. The maximum absolute atomic E-state index is 11.3. The Bertz CT molecular complexity index is 478. The summed E-state index contributed by atoms with van der Waals surface area (Å²) in [5.74, 6) is -1.94. The van der Waals surface area contributed by atoms with Gasteiger partial charge in [-0.3, -0.25) is 0 Å². The van der Waals surface area contributed by atoms with Crippen LogP contribution in [0.1, 0.15) is 97.8 Å². The molecular formula is C22H45NaO8S. The van der Waals surface area contributed by atoms with E-state index < -0.39 is 16.4 Å². The molecule has 10 heteroatoms. The van der Waals surface area contributed by atoms with Crippen molar-refractivity contribution in [1.29, 1.82) is 0 Å². The van der Waals surface area contributed by atoms with E-state index in [1.807, 2.05) is 13.8 Å². The normalized spacial score (nSPS) is 12.1. The molecule has 0 atom stereocenters. The van der Waals surface area contributed by atoms with Crippen molar-refractivity contribution in [3.05, 3.63) is 0 Å². The number of hydrogen-bond acceptors (Lipinski definition) is 8. The van der Waals surface area contributed by atoms with E-state index in [-0.39, 0.29) is 62.4 Å². The van der Waals surface area contributed by atoms with Crippen LogP contribution in [-0.4, -0.2) is 58.6 Å². The van der Waals surface area contributed by atoms with Crippen molar-refractivity contribution < 1.29 is 65.7 Å². The second-order valence-corrected chi connectivity index (χ2v) is 8.53. The van der Waals surface area contributed by atoms with Crippen LogP contribution < -0.4 is 29.6 Å². The van der Waals surface area contributed by atoms with Crippen molar-refractivity contribution in [3.8, 4) is 0 Å². The topological polar surface area (TPSA) is 103 Å². The zero-order valence-corrected chi connectivity index (χ0v) is 23.7. The summed E-state index contributed by atoms with van der Waals surface area (Å²) in [4.78, 5) is 0. The molecular weight excluding hydrogens is 447 g/mol. The summed E-state index contributed by atoms with van der Waals surface area (Å²) in [6.45, 7) is 7.50. The van der Waals surface area contributed by atoms with E-state index in [0.717, 1.165) is 19.3 Å². The summed E-state index contributed by atoms with van der Waals surface area (Å²) >= 11 is 0. The van der Waals surface area contributed by atoms with Crippen LogP contribution >= 0.6 is 0 Å². The Kier molecular flexibility index (Phi) is 25.6. The molecule has 0 saturated heterocycles. The van der Waals surface area contributed by atoms with Crippen LogP contribution in [0.15, 0.2) is 0 Å². The molecule has 0 spiro atoms. The predicted molar refractivity (Wildman–Crippen MR) is 119 cm³/mol. The first-order valence-corrected chi connectivity index (χ1v) is 13.3. The third-order valence-electron chi connectivity index (χ3n) is 4.82.